The minimum Gasteiger partial charge on any atom is -0.0622 e. The molecular formula is C18H15+. The van der Waals surface area contributed by atoms with E-state index in [-0.39, 0.29) is 0 Å². The summed E-state index contributed by atoms with van der Waals surface area (Å²) >= 11 is 0. The van der Waals surface area contributed by atoms with Gasteiger partial charge in [0.15, 0.2) is 12.5 Å². The predicted molar refractivity (Wildman–Crippen MR) is 76.7 cm³/mol. The lowest BCUT2D eigenvalue weighted by Gasteiger charge is -2.12. The third-order valence-electron chi connectivity index (χ3n) is 3.26. The van der Waals surface area contributed by atoms with Crippen LogP contribution in [0.5, 0.6) is 0 Å². The average molecular weight is 232 g/mol. The third kappa shape index (κ3) is 2.11. The van der Waals surface area contributed by atoms with Gasteiger partial charge in [-0.1, -0.05) is 60.7 Å². The van der Waals surface area contributed by atoms with Crippen molar-refractivity contribution >= 4 is 11.1 Å². The molecular weight excluding hydrogens is 216 g/mol. The first kappa shape index (κ1) is 9.82. The van der Waals surface area contributed by atoms with Gasteiger partial charge >= 0.3 is 0 Å². The van der Waals surface area contributed by atoms with Crippen LogP contribution in [0, 0.1) is 6.08 Å². The number of hydrogen-bond donors (Lipinski definition) is 0. The molecule has 1 aliphatic carbocycles. The van der Waals surface area contributed by atoms with Gasteiger partial charge in [0.25, 0.3) is 0 Å². The Morgan fingerprint density at radius 2 is 1.33 bits per heavy atom. The highest BCUT2D eigenvalue weighted by Crippen LogP contribution is 2.34. The van der Waals surface area contributed by atoms with Crippen LogP contribution < -0.4 is 0 Å². The number of allylic oxidation sites excluding steroid dienone is 4. The van der Waals surface area contributed by atoms with E-state index in [2.05, 4.69) is 54.6 Å². The smallest absolute Gasteiger partial charge is 0.0622 e. The summed E-state index contributed by atoms with van der Waals surface area (Å²) in [6.45, 7) is 0. The Hall–Kier alpha value is -2.17. The number of hydrogen-bond acceptors (Lipinski definition) is 0. The lowest BCUT2D eigenvalue weighted by atomic mass is 9.87. The van der Waals surface area contributed by atoms with Gasteiger partial charge in [-0.25, -0.2) is 0 Å². The highest BCUT2D eigenvalue weighted by atomic mass is 14.2. The summed E-state index contributed by atoms with van der Waals surface area (Å²) in [5.74, 6) is 0. The van der Waals surface area contributed by atoms with Gasteiger partial charge in [0, 0.05) is 12.0 Å². The summed E-state index contributed by atoms with van der Waals surface area (Å²) in [5.41, 5.74) is 5.01. The van der Waals surface area contributed by atoms with Gasteiger partial charge < -0.3 is 0 Å². The van der Waals surface area contributed by atoms with Crippen LogP contribution >= 0.6 is 0 Å². The van der Waals surface area contributed by atoms with Crippen LogP contribution in [0.3, 0.4) is 0 Å². The van der Waals surface area contributed by atoms with Gasteiger partial charge in [0.2, 0.25) is 6.08 Å². The molecule has 0 heterocycles. The Bertz CT molecular complexity index is 621. The van der Waals surface area contributed by atoms with E-state index in [9.17, 15) is 0 Å². The average Bonchev–Trinajstić information content (AvgIpc) is 2.49. The third-order valence-corrected chi connectivity index (χ3v) is 3.26. The zero-order chi connectivity index (χ0) is 13.1. The molecule has 0 amide bonds. The van der Waals surface area contributed by atoms with E-state index >= 15 is 0 Å². The largest absolute Gasteiger partial charge is 0.223 e. The molecule has 2 aromatic rings. The SMILES string of the molecule is [2H]C1=[C+]CC(c2ccccc2)=C(c2ccccc2)C1. The lowest BCUT2D eigenvalue weighted by Crippen LogP contribution is -1.95. The normalized spacial score (nSPS) is 15.8. The maximum absolute atomic E-state index is 7.88. The van der Waals surface area contributed by atoms with Crippen molar-refractivity contribution in [2.75, 3.05) is 0 Å². The molecule has 0 spiro atoms. The fourth-order valence-electron chi connectivity index (χ4n) is 2.35. The van der Waals surface area contributed by atoms with E-state index in [1.807, 2.05) is 12.1 Å². The molecule has 0 radical (unpaired) electrons. The minimum absolute atomic E-state index is 0.596. The number of rotatable bonds is 2. The monoisotopic (exact) mass is 232 g/mol. The Labute approximate surface area is 110 Å². The van der Waals surface area contributed by atoms with Crippen LogP contribution in [0.2, 0.25) is 0 Å². The lowest BCUT2D eigenvalue weighted by molar-refractivity contribution is 1.22. The second-order valence-corrected chi connectivity index (χ2v) is 4.40. The molecule has 0 unspecified atom stereocenters. The van der Waals surface area contributed by atoms with E-state index < -0.39 is 0 Å². The van der Waals surface area contributed by atoms with Crippen LogP contribution in [0.4, 0.5) is 0 Å². The molecule has 86 valence electrons. The molecule has 1 aliphatic rings. The highest BCUT2D eigenvalue weighted by molar-refractivity contribution is 5.92. The molecule has 2 aromatic carbocycles. The van der Waals surface area contributed by atoms with Crippen molar-refractivity contribution in [1.29, 1.82) is 0 Å². The first-order chi connectivity index (χ1) is 9.34. The summed E-state index contributed by atoms with van der Waals surface area (Å²) in [4.78, 5) is 0. The van der Waals surface area contributed by atoms with Crippen molar-refractivity contribution in [3.63, 3.8) is 0 Å². The molecule has 0 N–H and O–H groups in total. The van der Waals surface area contributed by atoms with E-state index in [0.717, 1.165) is 6.42 Å². The van der Waals surface area contributed by atoms with Gasteiger partial charge in [-0.15, -0.1) is 0 Å². The fourth-order valence-corrected chi connectivity index (χ4v) is 2.35. The van der Waals surface area contributed by atoms with E-state index in [1.54, 1.807) is 0 Å². The molecule has 0 bridgehead atoms. The maximum atomic E-state index is 7.88. The summed E-state index contributed by atoms with van der Waals surface area (Å²) < 4.78 is 7.88. The van der Waals surface area contributed by atoms with Gasteiger partial charge in [-0.05, 0) is 16.7 Å². The first-order valence-electron chi connectivity index (χ1n) is 6.74. The summed E-state index contributed by atoms with van der Waals surface area (Å²) in [5, 5.41) is 0. The molecule has 0 heteroatoms. The van der Waals surface area contributed by atoms with Crippen LogP contribution in [-0.2, 0) is 0 Å². The molecule has 0 aromatic heterocycles. The Kier molecular flexibility index (Phi) is 2.72. The molecule has 0 saturated heterocycles. The van der Waals surface area contributed by atoms with Crippen LogP contribution in [0.1, 0.15) is 25.3 Å². The van der Waals surface area contributed by atoms with Gasteiger partial charge in [0.05, 0.1) is 0 Å². The number of benzene rings is 2. The molecule has 0 fully saturated rings. The van der Waals surface area contributed by atoms with E-state index in [0.29, 0.717) is 12.5 Å². The van der Waals surface area contributed by atoms with Crippen molar-refractivity contribution < 1.29 is 1.37 Å². The van der Waals surface area contributed by atoms with Crippen molar-refractivity contribution in [2.24, 2.45) is 0 Å². The second kappa shape index (κ2) is 5.00. The molecule has 0 saturated carbocycles. The molecule has 0 aliphatic heterocycles. The summed E-state index contributed by atoms with van der Waals surface area (Å²) in [6, 6.07) is 21.4. The molecule has 0 atom stereocenters. The van der Waals surface area contributed by atoms with Crippen LogP contribution in [0.25, 0.3) is 11.1 Å². The summed E-state index contributed by atoms with van der Waals surface area (Å²) in [7, 11) is 0. The first-order valence-corrected chi connectivity index (χ1v) is 6.24. The van der Waals surface area contributed by atoms with E-state index in [4.69, 9.17) is 1.37 Å². The highest BCUT2D eigenvalue weighted by Gasteiger charge is 2.18. The Morgan fingerprint density at radius 3 is 1.94 bits per heavy atom. The zero-order valence-electron chi connectivity index (χ0n) is 11.2. The van der Waals surface area contributed by atoms with E-state index in [1.165, 1.54) is 22.3 Å². The maximum Gasteiger partial charge on any atom is 0.223 e. The summed E-state index contributed by atoms with van der Waals surface area (Å²) in [6.07, 6.45) is 4.56. The van der Waals surface area contributed by atoms with Crippen molar-refractivity contribution in [1.82, 2.24) is 0 Å². The topological polar surface area (TPSA) is 0 Å². The van der Waals surface area contributed by atoms with Gasteiger partial charge in [0.1, 0.15) is 1.37 Å². The standard InChI is InChI=1S/C18H15/c1-3-9-15(10-4-1)17-13-7-8-14-18(17)16-11-5-2-6-12-16/h1-7,9-12H,13-14H2/q+1/i7D. The van der Waals surface area contributed by atoms with Gasteiger partial charge in [-0.2, -0.15) is 0 Å². The minimum atomic E-state index is 0.596. The van der Waals surface area contributed by atoms with Crippen molar-refractivity contribution in [3.05, 3.63) is 83.9 Å². The molecule has 18 heavy (non-hydrogen) atoms. The predicted octanol–water partition coefficient (Wildman–Crippen LogP) is 4.75. The Morgan fingerprint density at radius 1 is 0.778 bits per heavy atom. The Balaban J connectivity index is 2.11. The zero-order valence-corrected chi connectivity index (χ0v) is 10.2. The second-order valence-electron chi connectivity index (χ2n) is 4.40. The fraction of sp³-hybridized carbons (Fsp3) is 0.111. The molecule has 0 nitrogen and oxygen atoms in total. The quantitative estimate of drug-likeness (QED) is 0.655. The van der Waals surface area contributed by atoms with Gasteiger partial charge in [-0.3, -0.25) is 0 Å². The van der Waals surface area contributed by atoms with Crippen molar-refractivity contribution in [3.8, 4) is 0 Å². The molecule has 3 rings (SSSR count). The van der Waals surface area contributed by atoms with Crippen LogP contribution in [-0.4, -0.2) is 0 Å². The van der Waals surface area contributed by atoms with Crippen LogP contribution in [0.15, 0.2) is 66.7 Å². The van der Waals surface area contributed by atoms with Crippen molar-refractivity contribution in [2.45, 2.75) is 12.8 Å².